The Kier molecular flexibility index (Phi) is 2.26. The zero-order valence-corrected chi connectivity index (χ0v) is 7.64. The van der Waals surface area contributed by atoms with E-state index in [1.807, 2.05) is 17.8 Å². The normalized spacial score (nSPS) is 24.2. The molecule has 12 heavy (non-hydrogen) atoms. The molecule has 0 radical (unpaired) electrons. The lowest BCUT2D eigenvalue weighted by molar-refractivity contribution is 0.424. The molecule has 0 bridgehead atoms. The molecule has 1 saturated heterocycles. The van der Waals surface area contributed by atoms with E-state index in [-0.39, 0.29) is 0 Å². The van der Waals surface area contributed by atoms with Crippen LogP contribution in [0.15, 0.2) is 10.6 Å². The van der Waals surface area contributed by atoms with E-state index in [9.17, 15) is 0 Å². The van der Waals surface area contributed by atoms with Gasteiger partial charge in [0.1, 0.15) is 0 Å². The van der Waals surface area contributed by atoms with Crippen molar-refractivity contribution in [1.29, 1.82) is 0 Å². The quantitative estimate of drug-likeness (QED) is 0.727. The molecule has 2 N–H and O–H groups in total. The standard InChI is InChI=1S/C8H12N2OS/c9-8-5-6(10-11-8)7-3-1-2-4-12-7/h5,7H,1-4,9H2. The van der Waals surface area contributed by atoms with Crippen LogP contribution in [-0.4, -0.2) is 10.9 Å². The summed E-state index contributed by atoms with van der Waals surface area (Å²) in [6.45, 7) is 0. The highest BCUT2D eigenvalue weighted by molar-refractivity contribution is 7.99. The molecule has 0 saturated carbocycles. The minimum absolute atomic E-state index is 0.427. The number of hydrogen-bond donors (Lipinski definition) is 1. The molecular formula is C8H12N2OS. The fourth-order valence-corrected chi connectivity index (χ4v) is 2.70. The third-order valence-electron chi connectivity index (χ3n) is 2.06. The fraction of sp³-hybridized carbons (Fsp3) is 0.625. The molecule has 0 spiro atoms. The summed E-state index contributed by atoms with van der Waals surface area (Å²) in [6, 6.07) is 1.84. The maximum atomic E-state index is 5.45. The molecule has 1 aromatic rings. The van der Waals surface area contributed by atoms with Crippen LogP contribution in [-0.2, 0) is 0 Å². The Balaban J connectivity index is 2.08. The average Bonchev–Trinajstić information content (AvgIpc) is 2.54. The molecule has 2 rings (SSSR count). The number of thioether (sulfide) groups is 1. The van der Waals surface area contributed by atoms with Crippen molar-refractivity contribution in [1.82, 2.24) is 5.16 Å². The Bertz CT molecular complexity index is 255. The van der Waals surface area contributed by atoms with Gasteiger partial charge in [0.15, 0.2) is 0 Å². The minimum Gasteiger partial charge on any atom is -0.368 e. The van der Waals surface area contributed by atoms with E-state index in [4.69, 9.17) is 10.3 Å². The van der Waals surface area contributed by atoms with Crippen LogP contribution in [0.3, 0.4) is 0 Å². The van der Waals surface area contributed by atoms with Crippen molar-refractivity contribution in [2.75, 3.05) is 11.5 Å². The van der Waals surface area contributed by atoms with Gasteiger partial charge < -0.3 is 10.3 Å². The number of aromatic nitrogens is 1. The second-order valence-corrected chi connectivity index (χ2v) is 4.32. The highest BCUT2D eigenvalue weighted by Gasteiger charge is 2.18. The van der Waals surface area contributed by atoms with Gasteiger partial charge >= 0.3 is 0 Å². The van der Waals surface area contributed by atoms with Gasteiger partial charge in [0.2, 0.25) is 5.88 Å². The molecule has 2 heterocycles. The van der Waals surface area contributed by atoms with Crippen LogP contribution in [0.2, 0.25) is 0 Å². The first-order valence-electron chi connectivity index (χ1n) is 4.20. The third-order valence-corrected chi connectivity index (χ3v) is 3.46. The Morgan fingerprint density at radius 1 is 1.58 bits per heavy atom. The smallest absolute Gasteiger partial charge is 0.222 e. The maximum Gasteiger partial charge on any atom is 0.222 e. The van der Waals surface area contributed by atoms with Gasteiger partial charge in [-0.15, -0.1) is 0 Å². The molecule has 1 atom stereocenters. The van der Waals surface area contributed by atoms with Crippen molar-refractivity contribution >= 4 is 17.6 Å². The minimum atomic E-state index is 0.427. The van der Waals surface area contributed by atoms with Gasteiger partial charge in [-0.25, -0.2) is 0 Å². The van der Waals surface area contributed by atoms with Gasteiger partial charge in [-0.3, -0.25) is 0 Å². The van der Waals surface area contributed by atoms with Gasteiger partial charge in [0, 0.05) is 6.07 Å². The van der Waals surface area contributed by atoms with Crippen molar-refractivity contribution in [3.63, 3.8) is 0 Å². The summed E-state index contributed by atoms with van der Waals surface area (Å²) >= 11 is 1.95. The summed E-state index contributed by atoms with van der Waals surface area (Å²) < 4.78 is 4.83. The van der Waals surface area contributed by atoms with Crippen LogP contribution >= 0.6 is 11.8 Å². The number of nitrogen functional groups attached to an aromatic ring is 1. The number of hydrogen-bond acceptors (Lipinski definition) is 4. The van der Waals surface area contributed by atoms with Crippen molar-refractivity contribution in [3.05, 3.63) is 11.8 Å². The van der Waals surface area contributed by atoms with Gasteiger partial charge in [-0.2, -0.15) is 11.8 Å². The molecule has 1 fully saturated rings. The van der Waals surface area contributed by atoms with Crippen molar-refractivity contribution in [2.45, 2.75) is 24.5 Å². The topological polar surface area (TPSA) is 52.0 Å². The monoisotopic (exact) mass is 184 g/mol. The van der Waals surface area contributed by atoms with Crippen molar-refractivity contribution < 1.29 is 4.52 Å². The van der Waals surface area contributed by atoms with Crippen molar-refractivity contribution in [3.8, 4) is 0 Å². The number of rotatable bonds is 1. The largest absolute Gasteiger partial charge is 0.368 e. The highest BCUT2D eigenvalue weighted by Crippen LogP contribution is 2.37. The van der Waals surface area contributed by atoms with E-state index in [2.05, 4.69) is 5.16 Å². The molecule has 4 heteroatoms. The molecule has 0 amide bonds. The first-order chi connectivity index (χ1) is 5.86. The predicted octanol–water partition coefficient (Wildman–Crippen LogP) is 2.21. The van der Waals surface area contributed by atoms with E-state index in [1.165, 1.54) is 25.0 Å². The van der Waals surface area contributed by atoms with Crippen LogP contribution < -0.4 is 5.73 Å². The number of nitrogens with two attached hydrogens (primary N) is 1. The van der Waals surface area contributed by atoms with Crippen LogP contribution in [0.4, 0.5) is 5.88 Å². The molecule has 1 aliphatic rings. The molecule has 1 aliphatic heterocycles. The first kappa shape index (κ1) is 7.98. The lowest BCUT2D eigenvalue weighted by atomic mass is 10.1. The SMILES string of the molecule is Nc1cc(C2CCCCS2)no1. The van der Waals surface area contributed by atoms with Crippen LogP contribution in [0.1, 0.15) is 30.2 Å². The summed E-state index contributed by atoms with van der Waals surface area (Å²) in [5.41, 5.74) is 6.46. The summed E-state index contributed by atoms with van der Waals surface area (Å²) in [6.07, 6.45) is 3.83. The second kappa shape index (κ2) is 3.39. The molecule has 3 nitrogen and oxygen atoms in total. The summed E-state index contributed by atoms with van der Waals surface area (Å²) in [5, 5.41) is 4.43. The predicted molar refractivity (Wildman–Crippen MR) is 50.0 cm³/mol. The Hall–Kier alpha value is -0.640. The van der Waals surface area contributed by atoms with Crippen LogP contribution in [0.5, 0.6) is 0 Å². The lowest BCUT2D eigenvalue weighted by Crippen LogP contribution is -2.01. The molecule has 1 unspecified atom stereocenters. The summed E-state index contributed by atoms with van der Waals surface area (Å²) in [5.74, 6) is 1.66. The molecule has 66 valence electrons. The average molecular weight is 184 g/mol. The maximum absolute atomic E-state index is 5.45. The first-order valence-corrected chi connectivity index (χ1v) is 5.25. The third kappa shape index (κ3) is 1.58. The Labute approximate surface area is 75.7 Å². The highest BCUT2D eigenvalue weighted by atomic mass is 32.2. The van der Waals surface area contributed by atoms with E-state index in [0.29, 0.717) is 11.1 Å². The summed E-state index contributed by atoms with van der Waals surface area (Å²) in [4.78, 5) is 0. The van der Waals surface area contributed by atoms with Crippen molar-refractivity contribution in [2.24, 2.45) is 0 Å². The van der Waals surface area contributed by atoms with Crippen LogP contribution in [0, 0.1) is 0 Å². The second-order valence-electron chi connectivity index (χ2n) is 3.01. The Morgan fingerprint density at radius 3 is 3.08 bits per heavy atom. The summed E-state index contributed by atoms with van der Waals surface area (Å²) in [7, 11) is 0. The molecule has 1 aromatic heterocycles. The van der Waals surface area contributed by atoms with E-state index >= 15 is 0 Å². The number of nitrogens with zero attached hydrogens (tertiary/aromatic N) is 1. The molecular weight excluding hydrogens is 172 g/mol. The van der Waals surface area contributed by atoms with Gasteiger partial charge in [-0.1, -0.05) is 11.6 Å². The molecule has 0 aromatic carbocycles. The van der Waals surface area contributed by atoms with E-state index in [1.54, 1.807) is 0 Å². The van der Waals surface area contributed by atoms with Crippen LogP contribution in [0.25, 0.3) is 0 Å². The molecule has 0 aliphatic carbocycles. The van der Waals surface area contributed by atoms with E-state index < -0.39 is 0 Å². The lowest BCUT2D eigenvalue weighted by Gasteiger charge is -2.18. The van der Waals surface area contributed by atoms with Gasteiger partial charge in [0.05, 0.1) is 10.9 Å². The zero-order chi connectivity index (χ0) is 8.39. The van der Waals surface area contributed by atoms with E-state index in [0.717, 1.165) is 5.69 Å². The number of anilines is 1. The zero-order valence-electron chi connectivity index (χ0n) is 6.82. The van der Waals surface area contributed by atoms with Gasteiger partial charge in [-0.05, 0) is 18.6 Å². The van der Waals surface area contributed by atoms with Gasteiger partial charge in [0.25, 0.3) is 0 Å². The fourth-order valence-electron chi connectivity index (χ4n) is 1.43. The Morgan fingerprint density at radius 2 is 2.50 bits per heavy atom.